The van der Waals surface area contributed by atoms with E-state index in [-0.39, 0.29) is 5.75 Å². The average Bonchev–Trinajstić information content (AvgIpc) is 2.03. The van der Waals surface area contributed by atoms with Crippen LogP contribution in [0.1, 0.15) is 0 Å². The van der Waals surface area contributed by atoms with Gasteiger partial charge in [0.2, 0.25) is 5.75 Å². The van der Waals surface area contributed by atoms with Gasteiger partial charge in [0, 0.05) is 0 Å². The summed E-state index contributed by atoms with van der Waals surface area (Å²) in [5.41, 5.74) is 0.935. The van der Waals surface area contributed by atoms with Gasteiger partial charge in [0.05, 0.1) is 14.2 Å². The number of ether oxygens (including phenoxy) is 2. The first-order valence-electron chi connectivity index (χ1n) is 3.60. The van der Waals surface area contributed by atoms with Crippen molar-refractivity contribution in [1.29, 1.82) is 0 Å². The SMILES string of the molecule is Bc1cc(O)c(OC)c(OC)c1. The monoisotopic (exact) mass is 166 g/mol. The summed E-state index contributed by atoms with van der Waals surface area (Å²) in [7, 11) is 4.91. The van der Waals surface area contributed by atoms with E-state index in [4.69, 9.17) is 9.47 Å². The number of rotatable bonds is 2. The Morgan fingerprint density at radius 1 is 1.25 bits per heavy atom. The number of benzene rings is 1. The van der Waals surface area contributed by atoms with Crippen LogP contribution in [-0.4, -0.2) is 27.2 Å². The highest BCUT2D eigenvalue weighted by atomic mass is 16.5. The molecule has 0 amide bonds. The number of hydrogen-bond acceptors (Lipinski definition) is 3. The minimum absolute atomic E-state index is 0.106. The second kappa shape index (κ2) is 3.39. The van der Waals surface area contributed by atoms with Crippen LogP contribution in [0.5, 0.6) is 17.2 Å². The molecule has 64 valence electrons. The maximum absolute atomic E-state index is 9.40. The minimum atomic E-state index is 0.106. The summed E-state index contributed by atoms with van der Waals surface area (Å²) < 4.78 is 9.96. The maximum Gasteiger partial charge on any atom is 0.202 e. The zero-order valence-electron chi connectivity index (χ0n) is 7.42. The van der Waals surface area contributed by atoms with E-state index in [1.54, 1.807) is 12.1 Å². The Kier molecular flexibility index (Phi) is 2.48. The molecule has 4 heteroatoms. The van der Waals surface area contributed by atoms with E-state index in [0.717, 1.165) is 5.46 Å². The molecule has 0 bridgehead atoms. The Hall–Kier alpha value is -1.32. The Bertz CT molecular complexity index is 286. The molecule has 1 N–H and O–H groups in total. The van der Waals surface area contributed by atoms with Gasteiger partial charge in [0.25, 0.3) is 0 Å². The van der Waals surface area contributed by atoms with Gasteiger partial charge in [0.1, 0.15) is 7.85 Å². The number of aromatic hydroxyl groups is 1. The van der Waals surface area contributed by atoms with E-state index in [0.29, 0.717) is 11.5 Å². The van der Waals surface area contributed by atoms with Crippen LogP contribution < -0.4 is 14.9 Å². The molecule has 12 heavy (non-hydrogen) atoms. The topological polar surface area (TPSA) is 38.7 Å². The summed E-state index contributed by atoms with van der Waals surface area (Å²) >= 11 is 0. The van der Waals surface area contributed by atoms with Crippen molar-refractivity contribution >= 4 is 13.3 Å². The van der Waals surface area contributed by atoms with E-state index in [1.165, 1.54) is 14.2 Å². The number of methoxy groups -OCH3 is 2. The minimum Gasteiger partial charge on any atom is -0.504 e. The molecule has 3 nitrogen and oxygen atoms in total. The largest absolute Gasteiger partial charge is 0.504 e. The predicted molar refractivity (Wildman–Crippen MR) is 49.4 cm³/mol. The van der Waals surface area contributed by atoms with Crippen molar-refractivity contribution in [3.63, 3.8) is 0 Å². The van der Waals surface area contributed by atoms with Crippen LogP contribution in [0.3, 0.4) is 0 Å². The molecule has 0 aliphatic carbocycles. The molecule has 1 aromatic carbocycles. The molecule has 0 atom stereocenters. The lowest BCUT2D eigenvalue weighted by Gasteiger charge is -2.09. The number of phenols is 1. The lowest BCUT2D eigenvalue weighted by atomic mass is 9.95. The Morgan fingerprint density at radius 3 is 2.42 bits per heavy atom. The first kappa shape index (κ1) is 8.78. The van der Waals surface area contributed by atoms with Crippen LogP contribution in [0.15, 0.2) is 12.1 Å². The summed E-state index contributed by atoms with van der Waals surface area (Å²) in [6.07, 6.45) is 0. The summed E-state index contributed by atoms with van der Waals surface area (Å²) in [6, 6.07) is 3.43. The van der Waals surface area contributed by atoms with Crippen LogP contribution in [0, 0.1) is 0 Å². The normalized spacial score (nSPS) is 9.50. The molecule has 0 aliphatic rings. The fraction of sp³-hybridized carbons (Fsp3) is 0.250. The fourth-order valence-electron chi connectivity index (χ4n) is 1.08. The van der Waals surface area contributed by atoms with Crippen LogP contribution in [-0.2, 0) is 0 Å². The zero-order chi connectivity index (χ0) is 9.14. The highest BCUT2D eigenvalue weighted by molar-refractivity contribution is 6.32. The van der Waals surface area contributed by atoms with E-state index in [2.05, 4.69) is 0 Å². The lowest BCUT2D eigenvalue weighted by Crippen LogP contribution is -2.03. The van der Waals surface area contributed by atoms with Crippen LogP contribution in [0.4, 0.5) is 0 Å². The molecule has 0 saturated carbocycles. The van der Waals surface area contributed by atoms with Crippen molar-refractivity contribution in [2.24, 2.45) is 0 Å². The van der Waals surface area contributed by atoms with Crippen molar-refractivity contribution < 1.29 is 14.6 Å². The number of hydrogen-bond donors (Lipinski definition) is 1. The highest BCUT2D eigenvalue weighted by Gasteiger charge is 2.08. The van der Waals surface area contributed by atoms with Crippen molar-refractivity contribution in [2.45, 2.75) is 0 Å². The molecule has 1 aromatic rings. The molecule has 0 spiro atoms. The smallest absolute Gasteiger partial charge is 0.202 e. The molecule has 1 rings (SSSR count). The molecule has 0 saturated heterocycles. The van der Waals surface area contributed by atoms with Gasteiger partial charge in [-0.2, -0.15) is 0 Å². The van der Waals surface area contributed by atoms with Crippen molar-refractivity contribution in [1.82, 2.24) is 0 Å². The van der Waals surface area contributed by atoms with Gasteiger partial charge in [0.15, 0.2) is 11.5 Å². The third kappa shape index (κ3) is 1.47. The highest BCUT2D eigenvalue weighted by Crippen LogP contribution is 2.34. The van der Waals surface area contributed by atoms with E-state index >= 15 is 0 Å². The predicted octanol–water partition coefficient (Wildman–Crippen LogP) is -0.332. The third-order valence-corrected chi connectivity index (χ3v) is 1.60. The molecule has 0 unspecified atom stereocenters. The molecule has 0 aromatic heterocycles. The Morgan fingerprint density at radius 2 is 1.92 bits per heavy atom. The van der Waals surface area contributed by atoms with E-state index in [9.17, 15) is 5.11 Å². The maximum atomic E-state index is 9.40. The summed E-state index contributed by atoms with van der Waals surface area (Å²) in [4.78, 5) is 0. The standard InChI is InChI=1S/C8H11BO3/c1-11-7-4-5(9)3-6(10)8(7)12-2/h3-4,10H,9H2,1-2H3. The first-order chi connectivity index (χ1) is 5.69. The van der Waals surface area contributed by atoms with Gasteiger partial charge in [-0.3, -0.25) is 0 Å². The molecule has 0 heterocycles. The summed E-state index contributed by atoms with van der Waals surface area (Å²) in [5.74, 6) is 1.03. The average molecular weight is 166 g/mol. The fourth-order valence-corrected chi connectivity index (χ4v) is 1.08. The Balaban J connectivity index is 3.24. The third-order valence-electron chi connectivity index (χ3n) is 1.60. The first-order valence-corrected chi connectivity index (χ1v) is 3.60. The van der Waals surface area contributed by atoms with Crippen molar-refractivity contribution in [3.8, 4) is 17.2 Å². The molecular weight excluding hydrogens is 155 g/mol. The van der Waals surface area contributed by atoms with Crippen molar-refractivity contribution in [2.75, 3.05) is 14.2 Å². The van der Waals surface area contributed by atoms with Gasteiger partial charge in [-0.25, -0.2) is 0 Å². The second-order valence-electron chi connectivity index (χ2n) is 2.52. The van der Waals surface area contributed by atoms with Gasteiger partial charge in [-0.05, 0) is 12.1 Å². The van der Waals surface area contributed by atoms with Crippen LogP contribution in [0.2, 0.25) is 0 Å². The van der Waals surface area contributed by atoms with Crippen LogP contribution >= 0.6 is 0 Å². The zero-order valence-corrected chi connectivity index (χ0v) is 7.42. The van der Waals surface area contributed by atoms with Gasteiger partial charge < -0.3 is 14.6 Å². The van der Waals surface area contributed by atoms with E-state index in [1.807, 2.05) is 7.85 Å². The molecule has 0 fully saturated rings. The second-order valence-corrected chi connectivity index (χ2v) is 2.52. The van der Waals surface area contributed by atoms with Gasteiger partial charge in [-0.1, -0.05) is 5.46 Å². The van der Waals surface area contributed by atoms with Gasteiger partial charge in [-0.15, -0.1) is 0 Å². The van der Waals surface area contributed by atoms with Gasteiger partial charge >= 0.3 is 0 Å². The van der Waals surface area contributed by atoms with Crippen molar-refractivity contribution in [3.05, 3.63) is 12.1 Å². The van der Waals surface area contributed by atoms with Crippen LogP contribution in [0.25, 0.3) is 0 Å². The molecule has 0 radical (unpaired) electrons. The summed E-state index contributed by atoms with van der Waals surface area (Å²) in [6.45, 7) is 0. The number of phenolic OH excluding ortho intramolecular Hbond substituents is 1. The Labute approximate surface area is 72.3 Å². The lowest BCUT2D eigenvalue weighted by molar-refractivity contribution is 0.333. The molecular formula is C8H11BO3. The summed E-state index contributed by atoms with van der Waals surface area (Å²) in [5, 5.41) is 9.40. The molecule has 0 aliphatic heterocycles. The quantitative estimate of drug-likeness (QED) is 0.611. The van der Waals surface area contributed by atoms with E-state index < -0.39 is 0 Å².